The average Bonchev–Trinajstić information content (AvgIpc) is 2.49. The van der Waals surface area contributed by atoms with Crippen LogP contribution in [0.1, 0.15) is 21.5 Å². The molecule has 2 aromatic carbocycles. The van der Waals surface area contributed by atoms with Gasteiger partial charge in [0.25, 0.3) is 5.91 Å². The molecular weight excluding hydrogens is 274 g/mol. The summed E-state index contributed by atoms with van der Waals surface area (Å²) < 4.78 is 27.1. The number of hydrogen-bond acceptors (Lipinski definition) is 2. The molecule has 2 aromatic rings. The summed E-state index contributed by atoms with van der Waals surface area (Å²) in [4.78, 5) is 11.4. The number of anilines is 1. The van der Waals surface area contributed by atoms with Crippen LogP contribution in [0.15, 0.2) is 36.4 Å². The summed E-state index contributed by atoms with van der Waals surface area (Å²) in [7, 11) is 1.56. The lowest BCUT2D eigenvalue weighted by atomic mass is 10.1. The van der Waals surface area contributed by atoms with Crippen LogP contribution in [0, 0.1) is 18.6 Å². The molecule has 0 aliphatic heterocycles. The van der Waals surface area contributed by atoms with E-state index < -0.39 is 11.6 Å². The van der Waals surface area contributed by atoms with Gasteiger partial charge in [0.2, 0.25) is 0 Å². The zero-order chi connectivity index (χ0) is 15.4. The zero-order valence-electron chi connectivity index (χ0n) is 11.8. The van der Waals surface area contributed by atoms with Gasteiger partial charge in [0.05, 0.1) is 5.69 Å². The van der Waals surface area contributed by atoms with Gasteiger partial charge in [0, 0.05) is 25.2 Å². The van der Waals surface area contributed by atoms with Gasteiger partial charge < -0.3 is 10.6 Å². The molecule has 0 aromatic heterocycles. The van der Waals surface area contributed by atoms with E-state index in [4.69, 9.17) is 0 Å². The van der Waals surface area contributed by atoms with E-state index in [0.29, 0.717) is 12.1 Å². The number of hydrogen-bond donors (Lipinski definition) is 2. The highest BCUT2D eigenvalue weighted by atomic mass is 19.1. The summed E-state index contributed by atoms with van der Waals surface area (Å²) in [6, 6.07) is 9.19. The molecule has 0 aliphatic rings. The van der Waals surface area contributed by atoms with Crippen LogP contribution in [-0.4, -0.2) is 13.0 Å². The van der Waals surface area contributed by atoms with Crippen LogP contribution in [0.25, 0.3) is 0 Å². The molecule has 0 radical (unpaired) electrons. The highest BCUT2D eigenvalue weighted by molar-refractivity contribution is 5.93. The Kier molecular flexibility index (Phi) is 4.52. The number of nitrogens with one attached hydrogen (secondary N) is 2. The predicted molar refractivity (Wildman–Crippen MR) is 78.3 cm³/mol. The summed E-state index contributed by atoms with van der Waals surface area (Å²) in [6.45, 7) is 1.85. The summed E-state index contributed by atoms with van der Waals surface area (Å²) in [5.74, 6) is -1.11. The fourth-order valence-electron chi connectivity index (χ4n) is 1.90. The minimum Gasteiger partial charge on any atom is -0.379 e. The topological polar surface area (TPSA) is 41.1 Å². The van der Waals surface area contributed by atoms with Crippen LogP contribution >= 0.6 is 0 Å². The number of carbonyl (C=O) groups is 1. The van der Waals surface area contributed by atoms with Crippen LogP contribution in [0.3, 0.4) is 0 Å². The summed E-state index contributed by atoms with van der Waals surface area (Å²) in [5, 5.41) is 5.38. The van der Waals surface area contributed by atoms with Crippen molar-refractivity contribution in [2.24, 2.45) is 0 Å². The van der Waals surface area contributed by atoms with Crippen LogP contribution in [0.2, 0.25) is 0 Å². The summed E-state index contributed by atoms with van der Waals surface area (Å²) in [6.07, 6.45) is 0. The standard InChI is InChI=1S/C16H16F2N2O/c1-10-7-14(18)15(8-13(10)17)20-9-11-3-5-12(6-4-11)16(21)19-2/h3-8,20H,9H2,1-2H3,(H,19,21). The maximum atomic E-state index is 13.7. The molecule has 110 valence electrons. The van der Waals surface area contributed by atoms with Crippen molar-refractivity contribution >= 4 is 11.6 Å². The Hall–Kier alpha value is -2.43. The minimum absolute atomic E-state index is 0.119. The predicted octanol–water partition coefficient (Wildman–Crippen LogP) is 3.24. The number of benzene rings is 2. The number of aryl methyl sites for hydroxylation is 1. The van der Waals surface area contributed by atoms with Crippen LogP contribution in [0.4, 0.5) is 14.5 Å². The molecule has 0 saturated heterocycles. The second kappa shape index (κ2) is 6.35. The van der Waals surface area contributed by atoms with Crippen molar-refractivity contribution in [3.63, 3.8) is 0 Å². The first-order chi connectivity index (χ1) is 10.0. The minimum atomic E-state index is -0.490. The Labute approximate surface area is 122 Å². The van der Waals surface area contributed by atoms with Gasteiger partial charge in [-0.25, -0.2) is 8.78 Å². The lowest BCUT2D eigenvalue weighted by Gasteiger charge is -2.09. The molecule has 21 heavy (non-hydrogen) atoms. The Balaban J connectivity index is 2.06. The molecule has 0 unspecified atom stereocenters. The third-order valence-corrected chi connectivity index (χ3v) is 3.17. The van der Waals surface area contributed by atoms with Gasteiger partial charge in [0.1, 0.15) is 11.6 Å². The van der Waals surface area contributed by atoms with E-state index in [1.54, 1.807) is 31.3 Å². The van der Waals surface area contributed by atoms with Crippen LogP contribution < -0.4 is 10.6 Å². The fourth-order valence-corrected chi connectivity index (χ4v) is 1.90. The van der Waals surface area contributed by atoms with Crippen molar-refractivity contribution in [2.45, 2.75) is 13.5 Å². The van der Waals surface area contributed by atoms with Crippen molar-refractivity contribution in [1.29, 1.82) is 0 Å². The van der Waals surface area contributed by atoms with Gasteiger partial charge in [-0.3, -0.25) is 4.79 Å². The van der Waals surface area contributed by atoms with Gasteiger partial charge in [-0.15, -0.1) is 0 Å². The molecule has 5 heteroatoms. The van der Waals surface area contributed by atoms with Gasteiger partial charge >= 0.3 is 0 Å². The van der Waals surface area contributed by atoms with E-state index in [1.165, 1.54) is 6.92 Å². The van der Waals surface area contributed by atoms with Crippen molar-refractivity contribution in [3.05, 3.63) is 64.7 Å². The second-order valence-corrected chi connectivity index (χ2v) is 4.71. The smallest absolute Gasteiger partial charge is 0.251 e. The monoisotopic (exact) mass is 290 g/mol. The van der Waals surface area contributed by atoms with Gasteiger partial charge in [0.15, 0.2) is 0 Å². The first-order valence-corrected chi connectivity index (χ1v) is 6.52. The van der Waals surface area contributed by atoms with E-state index in [2.05, 4.69) is 10.6 Å². The van der Waals surface area contributed by atoms with E-state index in [1.807, 2.05) is 0 Å². The SMILES string of the molecule is CNC(=O)c1ccc(CNc2cc(F)c(C)cc2F)cc1. The van der Waals surface area contributed by atoms with Crippen LogP contribution in [-0.2, 0) is 6.54 Å². The lowest BCUT2D eigenvalue weighted by molar-refractivity contribution is 0.0963. The van der Waals surface area contributed by atoms with Crippen LogP contribution in [0.5, 0.6) is 0 Å². The first kappa shape index (κ1) is 15.0. The summed E-state index contributed by atoms with van der Waals surface area (Å²) >= 11 is 0. The van der Waals surface area contributed by atoms with Gasteiger partial charge in [-0.1, -0.05) is 12.1 Å². The molecule has 0 bridgehead atoms. The largest absolute Gasteiger partial charge is 0.379 e. The molecule has 0 atom stereocenters. The number of halogens is 2. The van der Waals surface area contributed by atoms with Crippen molar-refractivity contribution in [3.8, 4) is 0 Å². The van der Waals surface area contributed by atoms with Crippen molar-refractivity contribution < 1.29 is 13.6 Å². The third kappa shape index (κ3) is 3.56. The molecule has 0 heterocycles. The average molecular weight is 290 g/mol. The quantitative estimate of drug-likeness (QED) is 0.907. The van der Waals surface area contributed by atoms with Crippen molar-refractivity contribution in [1.82, 2.24) is 5.32 Å². The summed E-state index contributed by atoms with van der Waals surface area (Å²) in [5.41, 5.74) is 1.80. The molecule has 0 aliphatic carbocycles. The maximum absolute atomic E-state index is 13.7. The van der Waals surface area contributed by atoms with Crippen molar-refractivity contribution in [2.75, 3.05) is 12.4 Å². The highest BCUT2D eigenvalue weighted by Crippen LogP contribution is 2.19. The molecule has 3 nitrogen and oxygen atoms in total. The molecule has 0 spiro atoms. The normalized spacial score (nSPS) is 10.3. The Morgan fingerprint density at radius 1 is 1.10 bits per heavy atom. The molecule has 2 rings (SSSR count). The number of rotatable bonds is 4. The molecule has 1 amide bonds. The molecule has 2 N–H and O–H groups in total. The fraction of sp³-hybridized carbons (Fsp3) is 0.188. The highest BCUT2D eigenvalue weighted by Gasteiger charge is 2.07. The molecular formula is C16H16F2N2O. The third-order valence-electron chi connectivity index (χ3n) is 3.17. The Morgan fingerprint density at radius 2 is 1.76 bits per heavy atom. The van der Waals surface area contributed by atoms with E-state index in [0.717, 1.165) is 17.7 Å². The van der Waals surface area contributed by atoms with E-state index in [9.17, 15) is 13.6 Å². The lowest BCUT2D eigenvalue weighted by Crippen LogP contribution is -2.17. The first-order valence-electron chi connectivity index (χ1n) is 6.52. The van der Waals surface area contributed by atoms with E-state index in [-0.39, 0.29) is 17.2 Å². The molecule has 0 fully saturated rings. The maximum Gasteiger partial charge on any atom is 0.251 e. The number of carbonyl (C=O) groups excluding carboxylic acids is 1. The van der Waals surface area contributed by atoms with Gasteiger partial charge in [-0.05, 0) is 36.2 Å². The number of amides is 1. The zero-order valence-corrected chi connectivity index (χ0v) is 11.8. The van der Waals surface area contributed by atoms with Gasteiger partial charge in [-0.2, -0.15) is 0 Å². The van der Waals surface area contributed by atoms with E-state index >= 15 is 0 Å². The second-order valence-electron chi connectivity index (χ2n) is 4.71. The molecule has 0 saturated carbocycles. The Bertz CT molecular complexity index is 654. The Morgan fingerprint density at radius 3 is 2.38 bits per heavy atom.